The fraction of sp³-hybridized carbons (Fsp3) is 0.312. The Morgan fingerprint density at radius 2 is 2.05 bits per heavy atom. The van der Waals surface area contributed by atoms with Crippen LogP contribution in [0.1, 0.15) is 25.0 Å². The predicted molar refractivity (Wildman–Crippen MR) is 79.8 cm³/mol. The van der Waals surface area contributed by atoms with Gasteiger partial charge in [-0.05, 0) is 5.56 Å². The minimum atomic E-state index is 0.121. The quantitative estimate of drug-likeness (QED) is 0.859. The molecule has 0 radical (unpaired) electrons. The van der Waals surface area contributed by atoms with Crippen molar-refractivity contribution >= 4 is 6.20 Å². The second-order valence-electron chi connectivity index (χ2n) is 5.36. The minimum absolute atomic E-state index is 0.121. The van der Waals surface area contributed by atoms with E-state index in [0.29, 0.717) is 0 Å². The Kier molecular flexibility index (Phi) is 4.17. The first-order chi connectivity index (χ1) is 9.12. The van der Waals surface area contributed by atoms with E-state index in [1.807, 2.05) is 12.4 Å². The molecule has 1 aromatic carbocycles. The van der Waals surface area contributed by atoms with Crippen molar-refractivity contribution in [2.45, 2.75) is 25.8 Å². The summed E-state index contributed by atoms with van der Waals surface area (Å²) in [5.74, 6) is 0. The average molecular weight is 255 g/mol. The topological polar surface area (TPSA) is 29.9 Å². The Balaban J connectivity index is 1.89. The lowest BCUT2D eigenvalue weighted by atomic mass is 9.84. The number of nitrogens with one attached hydrogen (secondary N) is 1. The highest BCUT2D eigenvalue weighted by Crippen LogP contribution is 2.21. The lowest BCUT2D eigenvalue weighted by Gasteiger charge is -2.25. The van der Waals surface area contributed by atoms with Crippen LogP contribution in [0, 0.1) is 0 Å². The van der Waals surface area contributed by atoms with Crippen LogP contribution in [0.25, 0.3) is 6.20 Å². The van der Waals surface area contributed by atoms with Crippen molar-refractivity contribution in [3.05, 3.63) is 60.4 Å². The van der Waals surface area contributed by atoms with Crippen LogP contribution in [-0.2, 0) is 12.0 Å². The van der Waals surface area contributed by atoms with Gasteiger partial charge in [0.05, 0.1) is 6.20 Å². The summed E-state index contributed by atoms with van der Waals surface area (Å²) < 4.78 is 1.72. The van der Waals surface area contributed by atoms with E-state index in [1.165, 1.54) is 11.1 Å². The largest absolute Gasteiger partial charge is 0.312 e. The number of hydrogen-bond donors (Lipinski definition) is 1. The zero-order chi connectivity index (χ0) is 13.7. The smallest absolute Gasteiger partial charge is 0.0538 e. The Hall–Kier alpha value is -1.87. The molecule has 0 aliphatic carbocycles. The van der Waals surface area contributed by atoms with Gasteiger partial charge in [0.1, 0.15) is 0 Å². The van der Waals surface area contributed by atoms with Gasteiger partial charge in [-0.15, -0.1) is 0 Å². The maximum Gasteiger partial charge on any atom is 0.0538 e. The highest BCUT2D eigenvalue weighted by atomic mass is 15.2. The number of nitrogens with zero attached hydrogens (tertiary/aromatic N) is 2. The van der Waals surface area contributed by atoms with E-state index in [1.54, 1.807) is 10.9 Å². The van der Waals surface area contributed by atoms with Gasteiger partial charge in [0, 0.05) is 36.5 Å². The first-order valence-electron chi connectivity index (χ1n) is 6.54. The second-order valence-corrected chi connectivity index (χ2v) is 5.36. The third-order valence-electron chi connectivity index (χ3n) is 3.29. The van der Waals surface area contributed by atoms with Crippen molar-refractivity contribution in [2.75, 3.05) is 6.54 Å². The molecule has 0 saturated heterocycles. The summed E-state index contributed by atoms with van der Waals surface area (Å²) in [4.78, 5) is 0. The van der Waals surface area contributed by atoms with Crippen LogP contribution >= 0.6 is 0 Å². The van der Waals surface area contributed by atoms with Gasteiger partial charge in [-0.2, -0.15) is 5.10 Å². The second kappa shape index (κ2) is 5.85. The molecule has 100 valence electrons. The molecule has 0 aliphatic rings. The molecule has 0 fully saturated rings. The van der Waals surface area contributed by atoms with E-state index in [2.05, 4.69) is 61.2 Å². The molecule has 19 heavy (non-hydrogen) atoms. The van der Waals surface area contributed by atoms with Crippen LogP contribution in [0.5, 0.6) is 0 Å². The summed E-state index contributed by atoms with van der Waals surface area (Å²) in [5, 5.41) is 7.66. The van der Waals surface area contributed by atoms with Gasteiger partial charge >= 0.3 is 0 Å². The molecule has 0 bridgehead atoms. The molecule has 1 aromatic heterocycles. The maximum atomic E-state index is 4.17. The fourth-order valence-corrected chi connectivity index (χ4v) is 2.08. The van der Waals surface area contributed by atoms with E-state index in [-0.39, 0.29) is 5.41 Å². The fourth-order valence-electron chi connectivity index (χ4n) is 2.08. The van der Waals surface area contributed by atoms with Crippen LogP contribution in [0.4, 0.5) is 0 Å². The lowest BCUT2D eigenvalue weighted by Crippen LogP contribution is -2.32. The van der Waals surface area contributed by atoms with Crippen molar-refractivity contribution in [2.24, 2.45) is 0 Å². The van der Waals surface area contributed by atoms with Gasteiger partial charge in [-0.25, -0.2) is 4.68 Å². The monoisotopic (exact) mass is 255 g/mol. The molecule has 0 amide bonds. The third-order valence-corrected chi connectivity index (χ3v) is 3.29. The standard InChI is InChI=1S/C16H21N3/c1-4-19-12-14(11-18-19)10-17-13-16(2,3)15-8-6-5-7-9-15/h4-9,11-12,17H,1,10,13H2,2-3H3. The van der Waals surface area contributed by atoms with Crippen molar-refractivity contribution < 1.29 is 0 Å². The van der Waals surface area contributed by atoms with Gasteiger partial charge in [-0.3, -0.25) is 0 Å². The molecule has 0 saturated carbocycles. The molecule has 3 nitrogen and oxygen atoms in total. The summed E-state index contributed by atoms with van der Waals surface area (Å²) in [6, 6.07) is 10.6. The zero-order valence-corrected chi connectivity index (χ0v) is 11.6. The van der Waals surface area contributed by atoms with Crippen LogP contribution in [-0.4, -0.2) is 16.3 Å². The molecule has 3 heteroatoms. The molecule has 0 aliphatic heterocycles. The Bertz CT molecular complexity index is 526. The minimum Gasteiger partial charge on any atom is -0.312 e. The van der Waals surface area contributed by atoms with Gasteiger partial charge in [-0.1, -0.05) is 50.8 Å². The highest BCUT2D eigenvalue weighted by molar-refractivity contribution is 5.24. The summed E-state index contributed by atoms with van der Waals surface area (Å²) in [6.45, 7) is 9.94. The molecule has 0 unspecified atom stereocenters. The molecule has 2 rings (SSSR count). The number of hydrogen-bond acceptors (Lipinski definition) is 2. The van der Waals surface area contributed by atoms with E-state index < -0.39 is 0 Å². The summed E-state index contributed by atoms with van der Waals surface area (Å²) in [6.07, 6.45) is 5.54. The van der Waals surface area contributed by atoms with E-state index in [4.69, 9.17) is 0 Å². The lowest BCUT2D eigenvalue weighted by molar-refractivity contribution is 0.469. The van der Waals surface area contributed by atoms with Gasteiger partial charge in [0.25, 0.3) is 0 Å². The maximum absolute atomic E-state index is 4.17. The van der Waals surface area contributed by atoms with Crippen LogP contribution in [0.2, 0.25) is 0 Å². The number of aromatic nitrogens is 2. The molecular weight excluding hydrogens is 234 g/mol. The normalized spacial score (nSPS) is 11.5. The first kappa shape index (κ1) is 13.6. The Morgan fingerprint density at radius 3 is 2.68 bits per heavy atom. The molecule has 0 spiro atoms. The van der Waals surface area contributed by atoms with Gasteiger partial charge in [0.2, 0.25) is 0 Å². The van der Waals surface area contributed by atoms with Gasteiger partial charge < -0.3 is 5.32 Å². The Labute approximate surface area is 115 Å². The van der Waals surface area contributed by atoms with Crippen LogP contribution in [0.15, 0.2) is 49.3 Å². The van der Waals surface area contributed by atoms with Crippen molar-refractivity contribution in [3.8, 4) is 0 Å². The summed E-state index contributed by atoms with van der Waals surface area (Å²) in [5.41, 5.74) is 2.64. The van der Waals surface area contributed by atoms with Gasteiger partial charge in [0.15, 0.2) is 0 Å². The molecule has 2 aromatic rings. The molecule has 1 heterocycles. The highest BCUT2D eigenvalue weighted by Gasteiger charge is 2.19. The molecule has 0 atom stereocenters. The van der Waals surface area contributed by atoms with Crippen molar-refractivity contribution in [1.29, 1.82) is 0 Å². The zero-order valence-electron chi connectivity index (χ0n) is 11.6. The average Bonchev–Trinajstić information content (AvgIpc) is 2.87. The SMILES string of the molecule is C=Cn1cc(CNCC(C)(C)c2ccccc2)cn1. The number of benzene rings is 1. The van der Waals surface area contributed by atoms with Crippen LogP contribution in [0.3, 0.4) is 0 Å². The summed E-state index contributed by atoms with van der Waals surface area (Å²) in [7, 11) is 0. The van der Waals surface area contributed by atoms with Crippen molar-refractivity contribution in [1.82, 2.24) is 15.1 Å². The molecular formula is C16H21N3. The summed E-state index contributed by atoms with van der Waals surface area (Å²) >= 11 is 0. The molecule has 1 N–H and O–H groups in total. The predicted octanol–water partition coefficient (Wildman–Crippen LogP) is 3.05. The Morgan fingerprint density at radius 1 is 1.32 bits per heavy atom. The third kappa shape index (κ3) is 3.55. The van der Waals surface area contributed by atoms with E-state index >= 15 is 0 Å². The number of rotatable bonds is 6. The van der Waals surface area contributed by atoms with Crippen LogP contribution < -0.4 is 5.32 Å². The van der Waals surface area contributed by atoms with Crippen molar-refractivity contribution in [3.63, 3.8) is 0 Å². The van der Waals surface area contributed by atoms with E-state index in [9.17, 15) is 0 Å². The first-order valence-corrected chi connectivity index (χ1v) is 6.54. The van der Waals surface area contributed by atoms with E-state index in [0.717, 1.165) is 13.1 Å².